The second kappa shape index (κ2) is 15.0. The number of benzene rings is 1. The van der Waals surface area contributed by atoms with E-state index in [2.05, 4.69) is 10.4 Å². The lowest BCUT2D eigenvalue weighted by Crippen LogP contribution is -2.40. The number of amides is 1. The number of hydrogen-bond acceptors (Lipinski definition) is 5. The summed E-state index contributed by atoms with van der Waals surface area (Å²) >= 11 is 12.0. The molecule has 3 atom stereocenters. The molecule has 206 valence electrons. The van der Waals surface area contributed by atoms with Crippen LogP contribution in [-0.4, -0.2) is 52.8 Å². The second-order valence-corrected chi connectivity index (χ2v) is 8.90. The smallest absolute Gasteiger partial charge is 0.433 e. The summed E-state index contributed by atoms with van der Waals surface area (Å²) in [5.41, 5.74) is -1.18. The van der Waals surface area contributed by atoms with Gasteiger partial charge in [-0.05, 0) is 36.6 Å². The average Bonchev–Trinajstić information content (AvgIpc) is 3.17. The Morgan fingerprint density at radius 1 is 1.22 bits per heavy atom. The van der Waals surface area contributed by atoms with Crippen molar-refractivity contribution in [3.05, 3.63) is 75.2 Å². The Labute approximate surface area is 224 Å². The monoisotopic (exact) mass is 565 g/mol. The van der Waals surface area contributed by atoms with Crippen LogP contribution < -0.4 is 5.32 Å². The maximum atomic E-state index is 13.9. The van der Waals surface area contributed by atoms with Crippen molar-refractivity contribution < 1.29 is 32.9 Å². The highest BCUT2D eigenvalue weighted by Crippen LogP contribution is 2.34. The van der Waals surface area contributed by atoms with Crippen molar-refractivity contribution in [2.24, 2.45) is 18.9 Å². The molecule has 1 amide bonds. The average molecular weight is 566 g/mol. The van der Waals surface area contributed by atoms with E-state index in [0.29, 0.717) is 15.3 Å². The molecule has 2 rings (SSSR count). The van der Waals surface area contributed by atoms with Crippen LogP contribution in [0.5, 0.6) is 0 Å². The van der Waals surface area contributed by atoms with E-state index in [1.807, 2.05) is 6.92 Å². The number of halogens is 5. The zero-order chi connectivity index (χ0) is 28.3. The number of aliphatic hydroxyl groups is 2. The number of aromatic nitrogens is 2. The highest BCUT2D eigenvalue weighted by atomic mass is 35.5. The number of nitrogens with one attached hydrogen (secondary N) is 1. The van der Waals surface area contributed by atoms with Gasteiger partial charge < -0.3 is 20.3 Å². The van der Waals surface area contributed by atoms with Gasteiger partial charge in [0.1, 0.15) is 0 Å². The molecule has 0 bridgehead atoms. The third-order valence-corrected chi connectivity index (χ3v) is 6.24. The van der Waals surface area contributed by atoms with Crippen molar-refractivity contribution in [1.29, 1.82) is 0 Å². The van der Waals surface area contributed by atoms with E-state index in [9.17, 15) is 18.0 Å². The lowest BCUT2D eigenvalue weighted by Gasteiger charge is -2.26. The van der Waals surface area contributed by atoms with Gasteiger partial charge in [0, 0.05) is 32.5 Å². The molecule has 12 heteroatoms. The first kappa shape index (κ1) is 32.5. The number of carbonyl (C=O) groups excluding carboxylic acids is 1. The summed E-state index contributed by atoms with van der Waals surface area (Å²) in [6.07, 6.45) is 1.61. The minimum Gasteiger partial charge on any atom is -0.505 e. The highest BCUT2D eigenvalue weighted by molar-refractivity contribution is 6.42. The molecule has 7 nitrogen and oxygen atoms in total. The van der Waals surface area contributed by atoms with E-state index >= 15 is 0 Å². The van der Waals surface area contributed by atoms with Gasteiger partial charge in [-0.15, -0.1) is 0 Å². The molecule has 2 aromatic rings. The van der Waals surface area contributed by atoms with Crippen LogP contribution in [-0.2, 0) is 24.4 Å². The van der Waals surface area contributed by atoms with Gasteiger partial charge in [-0.3, -0.25) is 9.48 Å². The molecule has 0 aliphatic heterocycles. The van der Waals surface area contributed by atoms with Crippen LogP contribution in [0.4, 0.5) is 13.2 Å². The first-order valence-electron chi connectivity index (χ1n) is 11.2. The summed E-state index contributed by atoms with van der Waals surface area (Å²) in [4.78, 5) is 13.3. The summed E-state index contributed by atoms with van der Waals surface area (Å²) in [6.45, 7) is 3.39. The maximum Gasteiger partial charge on any atom is 0.433 e. The van der Waals surface area contributed by atoms with Crippen LogP contribution in [0.2, 0.25) is 10.0 Å². The molecule has 1 heterocycles. The van der Waals surface area contributed by atoms with Gasteiger partial charge >= 0.3 is 6.18 Å². The molecule has 0 aliphatic carbocycles. The number of nitrogens with zero attached hydrogens (tertiary/aromatic N) is 2. The fraction of sp³-hybridized carbons (Fsp3) is 0.440. The van der Waals surface area contributed by atoms with Crippen LogP contribution in [0.3, 0.4) is 0 Å². The van der Waals surface area contributed by atoms with E-state index in [1.165, 1.54) is 25.5 Å². The first-order chi connectivity index (χ1) is 17.4. The topological polar surface area (TPSA) is 96.6 Å². The van der Waals surface area contributed by atoms with E-state index in [1.54, 1.807) is 31.2 Å². The van der Waals surface area contributed by atoms with Gasteiger partial charge in [0.05, 0.1) is 41.3 Å². The van der Waals surface area contributed by atoms with E-state index in [-0.39, 0.29) is 35.6 Å². The zero-order valence-electron chi connectivity index (χ0n) is 21.2. The van der Waals surface area contributed by atoms with Gasteiger partial charge in [0.2, 0.25) is 0 Å². The summed E-state index contributed by atoms with van der Waals surface area (Å²) < 4.78 is 47.4. The summed E-state index contributed by atoms with van der Waals surface area (Å²) in [6, 6.07) is 4.09. The number of ether oxygens (including phenoxy) is 1. The molecule has 0 spiro atoms. The largest absolute Gasteiger partial charge is 0.505 e. The van der Waals surface area contributed by atoms with Gasteiger partial charge in [-0.1, -0.05) is 48.3 Å². The van der Waals surface area contributed by atoms with Crippen molar-refractivity contribution in [3.63, 3.8) is 0 Å². The molecule has 37 heavy (non-hydrogen) atoms. The number of aryl methyl sites for hydroxylation is 1. The van der Waals surface area contributed by atoms with Gasteiger partial charge in [0.25, 0.3) is 5.91 Å². The van der Waals surface area contributed by atoms with Crippen molar-refractivity contribution in [2.45, 2.75) is 32.5 Å². The van der Waals surface area contributed by atoms with Crippen LogP contribution in [0.15, 0.2) is 42.7 Å². The number of alkyl halides is 3. The Kier molecular flexibility index (Phi) is 13.2. The molecule has 1 aromatic heterocycles. The van der Waals surface area contributed by atoms with Crippen molar-refractivity contribution in [1.82, 2.24) is 15.1 Å². The predicted molar refractivity (Wildman–Crippen MR) is 138 cm³/mol. The first-order valence-corrected chi connectivity index (χ1v) is 12.0. The number of allylic oxidation sites excluding steroid dienone is 1. The normalized spacial score (nSPS) is 14.3. The van der Waals surface area contributed by atoms with Crippen LogP contribution >= 0.6 is 23.2 Å². The number of carbonyl (C=O) groups is 1. The summed E-state index contributed by atoms with van der Waals surface area (Å²) in [5.74, 6) is -1.39. The third kappa shape index (κ3) is 9.07. The van der Waals surface area contributed by atoms with Crippen molar-refractivity contribution in [2.75, 3.05) is 20.8 Å². The molecular weight excluding hydrogens is 534 g/mol. The maximum absolute atomic E-state index is 13.9. The third-order valence-electron chi connectivity index (χ3n) is 5.50. The van der Waals surface area contributed by atoms with Crippen LogP contribution in [0.1, 0.15) is 41.2 Å². The lowest BCUT2D eigenvalue weighted by molar-refractivity contribution is -0.144. The summed E-state index contributed by atoms with van der Waals surface area (Å²) in [5, 5.41) is 23.3. The predicted octanol–water partition coefficient (Wildman–Crippen LogP) is 5.02. The number of methoxy groups -OCH3 is 1. The second-order valence-electron chi connectivity index (χ2n) is 8.09. The summed E-state index contributed by atoms with van der Waals surface area (Å²) in [7, 11) is 3.61. The Morgan fingerprint density at radius 2 is 1.86 bits per heavy atom. The molecular formula is C25H32Cl2F3N3O4. The molecule has 3 unspecified atom stereocenters. The van der Waals surface area contributed by atoms with Crippen LogP contribution in [0.25, 0.3) is 0 Å². The Bertz CT molecular complexity index is 1090. The Morgan fingerprint density at radius 3 is 2.41 bits per heavy atom. The van der Waals surface area contributed by atoms with E-state index in [0.717, 1.165) is 14.2 Å². The molecule has 3 N–H and O–H groups in total. The van der Waals surface area contributed by atoms with Gasteiger partial charge in [-0.25, -0.2) is 0 Å². The number of hydrogen-bond donors (Lipinski definition) is 3. The van der Waals surface area contributed by atoms with Crippen LogP contribution in [0, 0.1) is 11.8 Å². The lowest BCUT2D eigenvalue weighted by atomic mass is 9.87. The van der Waals surface area contributed by atoms with E-state index < -0.39 is 29.4 Å². The SMILES string of the molecule is CO.CO/C=C/C(C(C)/C=C/CO)C(C)NC(=O)c1c(Cc2ccc(Cl)c(Cl)c2)nn(C)c1C(F)(F)F. The zero-order valence-corrected chi connectivity index (χ0v) is 22.7. The van der Waals surface area contributed by atoms with Gasteiger partial charge in [-0.2, -0.15) is 18.3 Å². The van der Waals surface area contributed by atoms with E-state index in [4.69, 9.17) is 38.2 Å². The van der Waals surface area contributed by atoms with Crippen molar-refractivity contribution >= 4 is 29.1 Å². The molecule has 1 aromatic carbocycles. The van der Waals surface area contributed by atoms with Gasteiger partial charge in [0.15, 0.2) is 5.69 Å². The quantitative estimate of drug-likeness (QED) is 0.277. The molecule has 0 saturated carbocycles. The molecule has 0 radical (unpaired) electrons. The Hall–Kier alpha value is -2.53. The Balaban J connectivity index is 0.00000334. The standard InChI is InChI=1S/C24H28Cl2F3N3O3.CH4O/c1-14(6-5-10-33)17(9-11-35-4)15(2)30-23(34)21-20(31-32(3)22(21)24(27,28)29)13-16-7-8-18(25)19(26)12-16;1-2/h5-9,11-12,14-15,17,33H,10,13H2,1-4H3,(H,30,34);2H,1H3/b6-5+,11-9+;. The highest BCUT2D eigenvalue weighted by Gasteiger charge is 2.41. The number of aliphatic hydroxyl groups excluding tert-OH is 2. The fourth-order valence-corrected chi connectivity index (χ4v) is 4.18. The fourth-order valence-electron chi connectivity index (χ4n) is 3.86. The minimum atomic E-state index is -4.81. The number of rotatable bonds is 10. The molecule has 0 aliphatic rings. The molecule has 0 fully saturated rings. The minimum absolute atomic E-state index is 0.0416. The molecule has 0 saturated heterocycles. The van der Waals surface area contributed by atoms with Crippen molar-refractivity contribution in [3.8, 4) is 0 Å².